The third-order valence-corrected chi connectivity index (χ3v) is 4.65. The van der Waals surface area contributed by atoms with E-state index >= 15 is 0 Å². The summed E-state index contributed by atoms with van der Waals surface area (Å²) in [5.41, 5.74) is 7.89. The molecule has 1 aliphatic carbocycles. The molecule has 0 spiro atoms. The van der Waals surface area contributed by atoms with Crippen LogP contribution in [0.25, 0.3) is 0 Å². The van der Waals surface area contributed by atoms with Crippen LogP contribution in [0.4, 0.5) is 0 Å². The Hall–Kier alpha value is -1.35. The van der Waals surface area contributed by atoms with Crippen molar-refractivity contribution < 1.29 is 4.79 Å². The van der Waals surface area contributed by atoms with E-state index in [0.29, 0.717) is 5.56 Å². The van der Waals surface area contributed by atoms with Gasteiger partial charge in [0, 0.05) is 28.5 Å². The fraction of sp³-hybridized carbons (Fsp3) is 0.562. The first-order chi connectivity index (χ1) is 8.67. The Balaban J connectivity index is 2.16. The minimum atomic E-state index is -0.0665. The number of benzene rings is 1. The highest BCUT2D eigenvalue weighted by molar-refractivity contribution is 5.94. The van der Waals surface area contributed by atoms with Crippen molar-refractivity contribution in [1.82, 2.24) is 5.32 Å². The van der Waals surface area contributed by atoms with Gasteiger partial charge < -0.3 is 11.1 Å². The topological polar surface area (TPSA) is 55.1 Å². The van der Waals surface area contributed by atoms with Gasteiger partial charge in [-0.25, -0.2) is 0 Å². The lowest BCUT2D eigenvalue weighted by molar-refractivity contribution is -0.0663. The second-order valence-electron chi connectivity index (χ2n) is 6.90. The van der Waals surface area contributed by atoms with Gasteiger partial charge in [0.2, 0.25) is 0 Å². The van der Waals surface area contributed by atoms with Crippen molar-refractivity contribution in [1.29, 1.82) is 0 Å². The summed E-state index contributed by atoms with van der Waals surface area (Å²) in [5, 5.41) is 3.15. The van der Waals surface area contributed by atoms with Crippen LogP contribution in [-0.4, -0.2) is 18.0 Å². The second kappa shape index (κ2) is 4.34. The minimum absolute atomic E-state index is 0.0123. The molecule has 1 amide bonds. The highest BCUT2D eigenvalue weighted by Gasteiger charge is 2.60. The molecule has 0 saturated heterocycles. The number of carbonyl (C=O) groups is 1. The molecule has 3 N–H and O–H groups in total. The maximum Gasteiger partial charge on any atom is 0.251 e. The Morgan fingerprint density at radius 1 is 1.21 bits per heavy atom. The first-order valence-corrected chi connectivity index (χ1v) is 6.80. The number of nitrogens with one attached hydrogen (secondary N) is 1. The predicted octanol–water partition coefficient (Wildman–Crippen LogP) is 2.49. The zero-order chi connectivity index (χ0) is 14.4. The zero-order valence-electron chi connectivity index (χ0n) is 12.4. The summed E-state index contributed by atoms with van der Waals surface area (Å²) in [4.78, 5) is 12.3. The lowest BCUT2D eigenvalue weighted by atomic mass is 9.48. The Labute approximate surface area is 115 Å². The summed E-state index contributed by atoms with van der Waals surface area (Å²) in [7, 11) is 0. The van der Waals surface area contributed by atoms with Crippen LogP contribution < -0.4 is 11.1 Å². The van der Waals surface area contributed by atoms with Gasteiger partial charge in [-0.15, -0.1) is 0 Å². The molecule has 2 rings (SSSR count). The number of hydrogen-bond donors (Lipinski definition) is 2. The number of hydrogen-bond acceptors (Lipinski definition) is 2. The third kappa shape index (κ3) is 2.16. The van der Waals surface area contributed by atoms with E-state index in [-0.39, 0.29) is 28.8 Å². The van der Waals surface area contributed by atoms with Gasteiger partial charge in [-0.2, -0.15) is 0 Å². The van der Waals surface area contributed by atoms with Crippen LogP contribution in [0.1, 0.15) is 43.6 Å². The van der Waals surface area contributed by atoms with Crippen LogP contribution in [0.15, 0.2) is 24.3 Å². The summed E-state index contributed by atoms with van der Waals surface area (Å²) in [6.45, 7) is 10.5. The Morgan fingerprint density at radius 3 is 2.32 bits per heavy atom. The smallest absolute Gasteiger partial charge is 0.251 e. The summed E-state index contributed by atoms with van der Waals surface area (Å²) in [6.07, 6.45) is 0. The monoisotopic (exact) mass is 260 g/mol. The van der Waals surface area contributed by atoms with Crippen molar-refractivity contribution in [2.24, 2.45) is 16.6 Å². The first kappa shape index (κ1) is 14.1. The Kier molecular flexibility index (Phi) is 3.21. The lowest BCUT2D eigenvalue weighted by Crippen LogP contribution is -2.76. The van der Waals surface area contributed by atoms with Crippen LogP contribution in [-0.2, 0) is 0 Å². The molecule has 0 aromatic heterocycles. The fourth-order valence-electron chi connectivity index (χ4n) is 3.55. The van der Waals surface area contributed by atoms with Crippen LogP contribution in [0, 0.1) is 17.8 Å². The van der Waals surface area contributed by atoms with Gasteiger partial charge in [-0.3, -0.25) is 4.79 Å². The van der Waals surface area contributed by atoms with Crippen LogP contribution >= 0.6 is 0 Å². The molecule has 1 saturated carbocycles. The van der Waals surface area contributed by atoms with Crippen molar-refractivity contribution in [2.45, 2.75) is 46.7 Å². The standard InChI is InChI=1S/C16H24N2O/c1-10-7-6-8-11(9-10)12(19)18-14-15(2,3)13(17)16(14,4)5/h6-9,13-14H,17H2,1-5H3,(H,18,19). The molecular formula is C16H24N2O. The van der Waals surface area contributed by atoms with Crippen LogP contribution in [0.2, 0.25) is 0 Å². The van der Waals surface area contributed by atoms with Gasteiger partial charge in [0.05, 0.1) is 0 Å². The Bertz CT molecular complexity index is 489. The maximum absolute atomic E-state index is 12.3. The lowest BCUT2D eigenvalue weighted by Gasteiger charge is -2.62. The first-order valence-electron chi connectivity index (χ1n) is 6.80. The van der Waals surface area contributed by atoms with E-state index in [9.17, 15) is 4.79 Å². The van der Waals surface area contributed by atoms with E-state index in [4.69, 9.17) is 5.73 Å². The van der Waals surface area contributed by atoms with E-state index in [1.54, 1.807) is 0 Å². The van der Waals surface area contributed by atoms with Crippen molar-refractivity contribution in [2.75, 3.05) is 0 Å². The second-order valence-corrected chi connectivity index (χ2v) is 6.90. The number of aryl methyl sites for hydroxylation is 1. The van der Waals surface area contributed by atoms with Gasteiger partial charge in [0.1, 0.15) is 0 Å². The molecule has 1 aliphatic rings. The van der Waals surface area contributed by atoms with E-state index in [1.165, 1.54) is 0 Å². The Morgan fingerprint density at radius 2 is 1.79 bits per heavy atom. The molecule has 0 bridgehead atoms. The van der Waals surface area contributed by atoms with Crippen molar-refractivity contribution in [3.8, 4) is 0 Å². The summed E-state index contributed by atoms with van der Waals surface area (Å²) in [6, 6.07) is 7.86. The molecule has 0 aliphatic heterocycles. The number of nitrogens with two attached hydrogens (primary N) is 1. The fourth-order valence-corrected chi connectivity index (χ4v) is 3.55. The highest BCUT2D eigenvalue weighted by Crippen LogP contribution is 2.52. The van der Waals surface area contributed by atoms with Crippen molar-refractivity contribution in [3.05, 3.63) is 35.4 Å². The molecule has 1 aromatic rings. The SMILES string of the molecule is Cc1cccc(C(=O)NC2C(C)(C)C(N)C2(C)C)c1. The molecule has 19 heavy (non-hydrogen) atoms. The molecule has 0 atom stereocenters. The summed E-state index contributed by atoms with van der Waals surface area (Å²) >= 11 is 0. The number of carbonyl (C=O) groups excluding carboxylic acids is 1. The predicted molar refractivity (Wildman–Crippen MR) is 78.0 cm³/mol. The van der Waals surface area contributed by atoms with Crippen LogP contribution in [0.3, 0.4) is 0 Å². The van der Waals surface area contributed by atoms with E-state index in [1.807, 2.05) is 31.2 Å². The average molecular weight is 260 g/mol. The summed E-state index contributed by atoms with van der Waals surface area (Å²) in [5.74, 6) is -0.0123. The molecule has 104 valence electrons. The van der Waals surface area contributed by atoms with Gasteiger partial charge >= 0.3 is 0 Å². The van der Waals surface area contributed by atoms with Crippen molar-refractivity contribution in [3.63, 3.8) is 0 Å². The van der Waals surface area contributed by atoms with Gasteiger partial charge in [-0.05, 0) is 19.1 Å². The molecule has 3 heteroatoms. The van der Waals surface area contributed by atoms with E-state index in [2.05, 4.69) is 33.0 Å². The minimum Gasteiger partial charge on any atom is -0.348 e. The molecule has 0 unspecified atom stereocenters. The normalized spacial score (nSPS) is 27.5. The molecule has 0 heterocycles. The quantitative estimate of drug-likeness (QED) is 0.858. The molecule has 0 radical (unpaired) electrons. The molecular weight excluding hydrogens is 236 g/mol. The largest absolute Gasteiger partial charge is 0.348 e. The molecule has 1 aromatic carbocycles. The third-order valence-electron chi connectivity index (χ3n) is 4.65. The van der Waals surface area contributed by atoms with Crippen LogP contribution in [0.5, 0.6) is 0 Å². The molecule has 3 nitrogen and oxygen atoms in total. The van der Waals surface area contributed by atoms with Gasteiger partial charge in [0.25, 0.3) is 5.91 Å². The maximum atomic E-state index is 12.3. The summed E-state index contributed by atoms with van der Waals surface area (Å²) < 4.78 is 0. The van der Waals surface area contributed by atoms with Gasteiger partial charge in [-0.1, -0.05) is 45.4 Å². The zero-order valence-corrected chi connectivity index (χ0v) is 12.4. The van der Waals surface area contributed by atoms with Gasteiger partial charge in [0.15, 0.2) is 0 Å². The average Bonchev–Trinajstić information content (AvgIpc) is 2.34. The highest BCUT2D eigenvalue weighted by atomic mass is 16.1. The molecule has 1 fully saturated rings. The van der Waals surface area contributed by atoms with Crippen molar-refractivity contribution >= 4 is 5.91 Å². The number of rotatable bonds is 2. The number of amides is 1. The van der Waals surface area contributed by atoms with E-state index < -0.39 is 0 Å². The van der Waals surface area contributed by atoms with E-state index in [0.717, 1.165) is 5.56 Å².